The number of piperazine rings is 1. The number of amides is 1. The van der Waals surface area contributed by atoms with Crippen LogP contribution in [0.2, 0.25) is 0 Å². The molecule has 0 saturated carbocycles. The standard InChI is InChI=1S/C20H26N2O5S/c1-4-5-6-7-20(24)27-15-19(23)21-10-12-22(13-11-21)28(25,26)18-9-8-16(2)17(3)14-18/h4-9,14H,10-13,15H2,1-3H3/b5-4+,7-6+. The molecule has 1 aliphatic heterocycles. The molecule has 1 amide bonds. The largest absolute Gasteiger partial charge is 0.452 e. The van der Waals surface area contributed by atoms with Crippen molar-refractivity contribution < 1.29 is 22.7 Å². The van der Waals surface area contributed by atoms with E-state index < -0.39 is 16.0 Å². The van der Waals surface area contributed by atoms with Gasteiger partial charge in [0.2, 0.25) is 10.0 Å². The van der Waals surface area contributed by atoms with Crippen LogP contribution in [0, 0.1) is 13.8 Å². The third-order valence-electron chi connectivity index (χ3n) is 4.58. The molecule has 8 heteroatoms. The fraction of sp³-hybridized carbons (Fsp3) is 0.400. The van der Waals surface area contributed by atoms with Gasteiger partial charge in [0.25, 0.3) is 5.91 Å². The second-order valence-corrected chi connectivity index (χ2v) is 8.46. The number of benzene rings is 1. The SMILES string of the molecule is C/C=C/C=C/C(=O)OCC(=O)N1CCN(S(=O)(=O)c2ccc(C)c(C)c2)CC1. The Kier molecular flexibility index (Phi) is 7.53. The van der Waals surface area contributed by atoms with E-state index >= 15 is 0 Å². The molecule has 0 bridgehead atoms. The summed E-state index contributed by atoms with van der Waals surface area (Å²) in [6, 6.07) is 5.07. The molecule has 1 aromatic rings. The highest BCUT2D eigenvalue weighted by atomic mass is 32.2. The van der Waals surface area contributed by atoms with Crippen LogP contribution < -0.4 is 0 Å². The summed E-state index contributed by atoms with van der Waals surface area (Å²) in [6.07, 6.45) is 6.21. The molecule has 1 aliphatic rings. The van der Waals surface area contributed by atoms with E-state index in [0.29, 0.717) is 0 Å². The van der Waals surface area contributed by atoms with Gasteiger partial charge < -0.3 is 9.64 Å². The molecule has 0 aliphatic carbocycles. The van der Waals surface area contributed by atoms with E-state index in [9.17, 15) is 18.0 Å². The van der Waals surface area contributed by atoms with Crippen molar-refractivity contribution in [1.29, 1.82) is 0 Å². The van der Waals surface area contributed by atoms with Crippen molar-refractivity contribution >= 4 is 21.9 Å². The Morgan fingerprint density at radius 1 is 1.07 bits per heavy atom. The summed E-state index contributed by atoms with van der Waals surface area (Å²) in [5, 5.41) is 0. The molecular formula is C20H26N2O5S. The molecule has 28 heavy (non-hydrogen) atoms. The number of esters is 1. The molecule has 0 radical (unpaired) electrons. The molecular weight excluding hydrogens is 380 g/mol. The number of carbonyl (C=O) groups is 2. The summed E-state index contributed by atoms with van der Waals surface area (Å²) < 4.78 is 31.9. The van der Waals surface area contributed by atoms with Crippen molar-refractivity contribution in [2.75, 3.05) is 32.8 Å². The van der Waals surface area contributed by atoms with E-state index in [2.05, 4.69) is 0 Å². The van der Waals surface area contributed by atoms with Crippen molar-refractivity contribution in [2.45, 2.75) is 25.7 Å². The molecule has 0 spiro atoms. The Hall–Kier alpha value is -2.45. The van der Waals surface area contributed by atoms with Gasteiger partial charge in [-0.2, -0.15) is 4.31 Å². The molecule has 0 aromatic heterocycles. The normalized spacial score (nSPS) is 16.0. The molecule has 7 nitrogen and oxygen atoms in total. The van der Waals surface area contributed by atoms with Crippen LogP contribution in [0.4, 0.5) is 0 Å². The maximum absolute atomic E-state index is 12.8. The lowest BCUT2D eigenvalue weighted by atomic mass is 10.1. The third-order valence-corrected chi connectivity index (χ3v) is 6.48. The van der Waals surface area contributed by atoms with E-state index in [1.165, 1.54) is 21.4 Å². The molecule has 1 saturated heterocycles. The molecule has 0 unspecified atom stereocenters. The molecule has 1 fully saturated rings. The molecule has 1 aromatic carbocycles. The Bertz CT molecular complexity index is 882. The van der Waals surface area contributed by atoms with Crippen molar-refractivity contribution in [2.24, 2.45) is 0 Å². The molecule has 0 N–H and O–H groups in total. The van der Waals surface area contributed by atoms with Gasteiger partial charge in [-0.25, -0.2) is 13.2 Å². The Balaban J connectivity index is 1.90. The highest BCUT2D eigenvalue weighted by Gasteiger charge is 2.30. The number of hydrogen-bond donors (Lipinski definition) is 0. The van der Waals surface area contributed by atoms with Crippen molar-refractivity contribution in [3.63, 3.8) is 0 Å². The average Bonchev–Trinajstić information content (AvgIpc) is 2.68. The monoisotopic (exact) mass is 406 g/mol. The first-order chi connectivity index (χ1) is 13.3. The lowest BCUT2D eigenvalue weighted by Crippen LogP contribution is -2.51. The third kappa shape index (κ3) is 5.53. The summed E-state index contributed by atoms with van der Waals surface area (Å²) in [5.74, 6) is -0.932. The summed E-state index contributed by atoms with van der Waals surface area (Å²) in [7, 11) is -3.59. The number of allylic oxidation sites excluding steroid dienone is 3. The van der Waals surface area contributed by atoms with Gasteiger partial charge in [-0.15, -0.1) is 0 Å². The van der Waals surface area contributed by atoms with Crippen molar-refractivity contribution in [3.05, 3.63) is 53.6 Å². The zero-order valence-corrected chi connectivity index (χ0v) is 17.2. The number of nitrogens with zero attached hydrogens (tertiary/aromatic N) is 2. The van der Waals surface area contributed by atoms with E-state index in [1.807, 2.05) is 20.8 Å². The average molecular weight is 407 g/mol. The Morgan fingerprint density at radius 2 is 1.75 bits per heavy atom. The summed E-state index contributed by atoms with van der Waals surface area (Å²) in [4.78, 5) is 25.4. The van der Waals surface area contributed by atoms with Gasteiger partial charge >= 0.3 is 5.97 Å². The molecule has 1 heterocycles. The summed E-state index contributed by atoms with van der Waals surface area (Å²) >= 11 is 0. The number of aryl methyl sites for hydroxylation is 2. The van der Waals surface area contributed by atoms with Crippen molar-refractivity contribution in [1.82, 2.24) is 9.21 Å². The minimum absolute atomic E-state index is 0.205. The molecule has 0 atom stereocenters. The number of hydrogen-bond acceptors (Lipinski definition) is 5. The van der Waals surface area contributed by atoms with E-state index in [0.717, 1.165) is 11.1 Å². The fourth-order valence-electron chi connectivity index (χ4n) is 2.72. The minimum Gasteiger partial charge on any atom is -0.452 e. The van der Waals surface area contributed by atoms with E-state index in [1.54, 1.807) is 30.4 Å². The number of sulfonamides is 1. The quantitative estimate of drug-likeness (QED) is 0.409. The molecule has 152 valence electrons. The Labute approximate surface area is 166 Å². The lowest BCUT2D eigenvalue weighted by molar-refractivity contribution is -0.148. The van der Waals surface area contributed by atoms with Crippen LogP contribution in [0.25, 0.3) is 0 Å². The van der Waals surface area contributed by atoms with Crippen LogP contribution in [0.15, 0.2) is 47.4 Å². The van der Waals surface area contributed by atoms with Gasteiger partial charge in [-0.1, -0.05) is 24.3 Å². The topological polar surface area (TPSA) is 84.0 Å². The van der Waals surface area contributed by atoms with Gasteiger partial charge in [-0.05, 0) is 44.0 Å². The first-order valence-electron chi connectivity index (χ1n) is 9.07. The zero-order valence-electron chi connectivity index (χ0n) is 16.4. The van der Waals surface area contributed by atoms with Crippen LogP contribution in [0.3, 0.4) is 0 Å². The maximum atomic E-state index is 12.8. The number of rotatable bonds is 6. The first kappa shape index (κ1) is 21.8. The van der Waals surface area contributed by atoms with Crippen molar-refractivity contribution in [3.8, 4) is 0 Å². The van der Waals surface area contributed by atoms with Gasteiger partial charge in [0, 0.05) is 32.3 Å². The van der Waals surface area contributed by atoms with Crippen LogP contribution in [-0.2, 0) is 24.3 Å². The van der Waals surface area contributed by atoms with E-state index in [4.69, 9.17) is 4.74 Å². The van der Waals surface area contributed by atoms with Gasteiger partial charge in [0.15, 0.2) is 6.61 Å². The first-order valence-corrected chi connectivity index (χ1v) is 10.5. The smallest absolute Gasteiger partial charge is 0.331 e. The minimum atomic E-state index is -3.59. The van der Waals surface area contributed by atoms with Crippen LogP contribution in [-0.4, -0.2) is 62.3 Å². The predicted molar refractivity (Wildman–Crippen MR) is 106 cm³/mol. The van der Waals surface area contributed by atoms with Gasteiger partial charge in [0.1, 0.15) is 0 Å². The highest BCUT2D eigenvalue weighted by molar-refractivity contribution is 7.89. The Morgan fingerprint density at radius 3 is 2.36 bits per heavy atom. The van der Waals surface area contributed by atoms with Gasteiger partial charge in [0.05, 0.1) is 4.90 Å². The maximum Gasteiger partial charge on any atom is 0.331 e. The number of carbonyl (C=O) groups excluding carboxylic acids is 2. The van der Waals surface area contributed by atoms with Crippen LogP contribution >= 0.6 is 0 Å². The fourth-order valence-corrected chi connectivity index (χ4v) is 4.23. The number of ether oxygens (including phenoxy) is 1. The second kappa shape index (κ2) is 9.66. The molecule has 2 rings (SSSR count). The van der Waals surface area contributed by atoms with E-state index in [-0.39, 0.29) is 43.6 Å². The highest BCUT2D eigenvalue weighted by Crippen LogP contribution is 2.20. The summed E-state index contributed by atoms with van der Waals surface area (Å²) in [6.45, 7) is 6.19. The summed E-state index contributed by atoms with van der Waals surface area (Å²) in [5.41, 5.74) is 1.95. The van der Waals surface area contributed by atoms with Crippen LogP contribution in [0.5, 0.6) is 0 Å². The zero-order chi connectivity index (χ0) is 20.7. The lowest BCUT2D eigenvalue weighted by Gasteiger charge is -2.33. The predicted octanol–water partition coefficient (Wildman–Crippen LogP) is 1.81. The van der Waals surface area contributed by atoms with Gasteiger partial charge in [-0.3, -0.25) is 4.79 Å². The second-order valence-electron chi connectivity index (χ2n) is 6.52. The van der Waals surface area contributed by atoms with Crippen LogP contribution in [0.1, 0.15) is 18.1 Å².